The van der Waals surface area contributed by atoms with Gasteiger partial charge in [-0.2, -0.15) is 0 Å². The summed E-state index contributed by atoms with van der Waals surface area (Å²) in [7, 11) is 0. The van der Waals surface area contributed by atoms with Gasteiger partial charge in [0.25, 0.3) is 0 Å². The van der Waals surface area contributed by atoms with E-state index in [0.29, 0.717) is 11.3 Å². The standard InChI is InChI=1S/C14H10Cl2FNO2/c15-11-3-2-9(18)6-10(11)14(19)20-7-8-1-4-13(17)12(16)5-8/h1-6H,7,18H2. The van der Waals surface area contributed by atoms with Crippen LogP contribution in [0.5, 0.6) is 0 Å². The maximum atomic E-state index is 13.0. The number of benzene rings is 2. The maximum absolute atomic E-state index is 13.0. The van der Waals surface area contributed by atoms with Gasteiger partial charge in [0.05, 0.1) is 15.6 Å². The van der Waals surface area contributed by atoms with Crippen molar-refractivity contribution in [2.45, 2.75) is 6.61 Å². The molecule has 0 spiro atoms. The number of ether oxygens (including phenoxy) is 1. The van der Waals surface area contributed by atoms with E-state index in [1.165, 1.54) is 30.3 Å². The molecular formula is C14H10Cl2FNO2. The Bertz CT molecular complexity index is 662. The summed E-state index contributed by atoms with van der Waals surface area (Å²) in [6.45, 7) is -0.0377. The third kappa shape index (κ3) is 3.40. The Morgan fingerprint density at radius 3 is 2.60 bits per heavy atom. The Morgan fingerprint density at radius 1 is 1.15 bits per heavy atom. The van der Waals surface area contributed by atoms with Crippen molar-refractivity contribution in [3.8, 4) is 0 Å². The van der Waals surface area contributed by atoms with E-state index in [4.69, 9.17) is 33.7 Å². The molecule has 0 amide bonds. The van der Waals surface area contributed by atoms with Gasteiger partial charge in [-0.1, -0.05) is 29.3 Å². The first-order valence-electron chi connectivity index (χ1n) is 5.63. The zero-order chi connectivity index (χ0) is 14.7. The monoisotopic (exact) mass is 313 g/mol. The van der Waals surface area contributed by atoms with Crippen LogP contribution in [0.2, 0.25) is 10.0 Å². The van der Waals surface area contributed by atoms with Gasteiger partial charge in [0.1, 0.15) is 12.4 Å². The number of nitrogens with two attached hydrogens (primary N) is 1. The molecule has 0 radical (unpaired) electrons. The van der Waals surface area contributed by atoms with Gasteiger partial charge in [-0.3, -0.25) is 0 Å². The van der Waals surface area contributed by atoms with Gasteiger partial charge in [0.2, 0.25) is 0 Å². The van der Waals surface area contributed by atoms with Crippen LogP contribution in [0.1, 0.15) is 15.9 Å². The molecule has 0 fully saturated rings. The van der Waals surface area contributed by atoms with E-state index in [-0.39, 0.29) is 22.2 Å². The minimum absolute atomic E-state index is 0.0273. The SMILES string of the molecule is Nc1ccc(Cl)c(C(=O)OCc2ccc(F)c(Cl)c2)c1. The molecule has 3 nitrogen and oxygen atoms in total. The lowest BCUT2D eigenvalue weighted by atomic mass is 10.2. The van der Waals surface area contributed by atoms with Gasteiger partial charge < -0.3 is 10.5 Å². The normalized spacial score (nSPS) is 10.3. The van der Waals surface area contributed by atoms with Gasteiger partial charge in [-0.15, -0.1) is 0 Å². The summed E-state index contributed by atoms with van der Waals surface area (Å²) in [5, 5.41) is 0.224. The number of carbonyl (C=O) groups is 1. The number of esters is 1. The zero-order valence-electron chi connectivity index (χ0n) is 10.2. The largest absolute Gasteiger partial charge is 0.457 e. The van der Waals surface area contributed by atoms with E-state index in [0.717, 1.165) is 0 Å². The van der Waals surface area contributed by atoms with E-state index in [1.54, 1.807) is 6.07 Å². The summed E-state index contributed by atoms with van der Waals surface area (Å²) in [4.78, 5) is 11.9. The van der Waals surface area contributed by atoms with Crippen molar-refractivity contribution in [1.29, 1.82) is 0 Å². The fourth-order valence-electron chi connectivity index (χ4n) is 1.56. The lowest BCUT2D eigenvalue weighted by Gasteiger charge is -2.07. The van der Waals surface area contributed by atoms with E-state index in [2.05, 4.69) is 0 Å². The van der Waals surface area contributed by atoms with Crippen LogP contribution in [0, 0.1) is 5.82 Å². The van der Waals surface area contributed by atoms with Gasteiger partial charge in [0, 0.05) is 5.69 Å². The summed E-state index contributed by atoms with van der Waals surface area (Å²) < 4.78 is 18.1. The van der Waals surface area contributed by atoms with E-state index in [9.17, 15) is 9.18 Å². The van der Waals surface area contributed by atoms with Crippen molar-refractivity contribution < 1.29 is 13.9 Å². The molecule has 0 atom stereocenters. The Morgan fingerprint density at radius 2 is 1.90 bits per heavy atom. The molecule has 0 aliphatic heterocycles. The second-order valence-corrected chi connectivity index (χ2v) is 4.88. The number of hydrogen-bond acceptors (Lipinski definition) is 3. The first-order valence-corrected chi connectivity index (χ1v) is 6.39. The Labute approximate surface area is 125 Å². The molecule has 0 aliphatic carbocycles. The van der Waals surface area contributed by atoms with Gasteiger partial charge in [-0.05, 0) is 35.9 Å². The van der Waals surface area contributed by atoms with Crippen LogP contribution >= 0.6 is 23.2 Å². The first kappa shape index (κ1) is 14.6. The molecule has 0 saturated carbocycles. The molecule has 0 heterocycles. The fraction of sp³-hybridized carbons (Fsp3) is 0.0714. The number of carbonyl (C=O) groups excluding carboxylic acids is 1. The molecular weight excluding hydrogens is 304 g/mol. The van der Waals surface area contributed by atoms with Gasteiger partial charge in [0.15, 0.2) is 0 Å². The van der Waals surface area contributed by atoms with E-state index >= 15 is 0 Å². The van der Waals surface area contributed by atoms with Gasteiger partial charge >= 0.3 is 5.97 Å². The smallest absolute Gasteiger partial charge is 0.340 e. The van der Waals surface area contributed by atoms with Crippen molar-refractivity contribution in [3.63, 3.8) is 0 Å². The average molecular weight is 314 g/mol. The molecule has 6 heteroatoms. The summed E-state index contributed by atoms with van der Waals surface area (Å²) in [5.41, 5.74) is 6.75. The predicted molar refractivity (Wildman–Crippen MR) is 76.4 cm³/mol. The number of anilines is 1. The highest BCUT2D eigenvalue weighted by atomic mass is 35.5. The van der Waals surface area contributed by atoms with Crippen molar-refractivity contribution in [3.05, 3.63) is 63.4 Å². The van der Waals surface area contributed by atoms with Crippen LogP contribution in [0.3, 0.4) is 0 Å². The highest BCUT2D eigenvalue weighted by Gasteiger charge is 2.12. The highest BCUT2D eigenvalue weighted by molar-refractivity contribution is 6.33. The van der Waals surface area contributed by atoms with Crippen molar-refractivity contribution in [2.24, 2.45) is 0 Å². The highest BCUT2D eigenvalue weighted by Crippen LogP contribution is 2.21. The molecule has 0 aromatic heterocycles. The summed E-state index contributed by atoms with van der Waals surface area (Å²) >= 11 is 11.5. The van der Waals surface area contributed by atoms with E-state index in [1.807, 2.05) is 0 Å². The first-order chi connectivity index (χ1) is 9.47. The minimum atomic E-state index is -0.609. The van der Waals surface area contributed by atoms with Crippen molar-refractivity contribution >= 4 is 34.9 Å². The quantitative estimate of drug-likeness (QED) is 0.686. The summed E-state index contributed by atoms with van der Waals surface area (Å²) in [5.74, 6) is -1.14. The second kappa shape index (κ2) is 6.11. The zero-order valence-corrected chi connectivity index (χ0v) is 11.7. The molecule has 0 bridgehead atoms. The topological polar surface area (TPSA) is 52.3 Å². The summed E-state index contributed by atoms with van der Waals surface area (Å²) in [6.07, 6.45) is 0. The molecule has 2 aromatic carbocycles. The lowest BCUT2D eigenvalue weighted by molar-refractivity contribution is 0.0473. The molecule has 0 aliphatic rings. The number of nitrogen functional groups attached to an aromatic ring is 1. The molecule has 0 unspecified atom stereocenters. The van der Waals surface area contributed by atoms with Crippen LogP contribution in [-0.4, -0.2) is 5.97 Å². The third-order valence-corrected chi connectivity index (χ3v) is 3.18. The molecule has 0 saturated heterocycles. The van der Waals surface area contributed by atoms with Crippen LogP contribution in [0.4, 0.5) is 10.1 Å². The molecule has 2 rings (SSSR count). The van der Waals surface area contributed by atoms with Crippen LogP contribution in [0.15, 0.2) is 36.4 Å². The number of rotatable bonds is 3. The van der Waals surface area contributed by atoms with Crippen LogP contribution in [0.25, 0.3) is 0 Å². The second-order valence-electron chi connectivity index (χ2n) is 4.06. The summed E-state index contributed by atoms with van der Waals surface area (Å²) in [6, 6.07) is 8.61. The van der Waals surface area contributed by atoms with Crippen LogP contribution in [-0.2, 0) is 11.3 Å². The number of hydrogen-bond donors (Lipinski definition) is 1. The number of halogens is 3. The molecule has 2 aromatic rings. The lowest BCUT2D eigenvalue weighted by Crippen LogP contribution is -2.06. The van der Waals surface area contributed by atoms with Gasteiger partial charge in [-0.25, -0.2) is 9.18 Å². The van der Waals surface area contributed by atoms with E-state index < -0.39 is 11.8 Å². The van der Waals surface area contributed by atoms with Crippen molar-refractivity contribution in [2.75, 3.05) is 5.73 Å². The Kier molecular flexibility index (Phi) is 4.47. The predicted octanol–water partition coefficient (Wildman–Crippen LogP) is 4.07. The average Bonchev–Trinajstić information content (AvgIpc) is 2.42. The fourth-order valence-corrected chi connectivity index (χ4v) is 1.95. The Balaban J connectivity index is 2.08. The van der Waals surface area contributed by atoms with Crippen LogP contribution < -0.4 is 5.73 Å². The molecule has 104 valence electrons. The third-order valence-electron chi connectivity index (χ3n) is 2.56. The minimum Gasteiger partial charge on any atom is -0.457 e. The van der Waals surface area contributed by atoms with Crippen molar-refractivity contribution in [1.82, 2.24) is 0 Å². The maximum Gasteiger partial charge on any atom is 0.340 e. The molecule has 20 heavy (non-hydrogen) atoms. The Hall–Kier alpha value is -1.78. The molecule has 2 N–H and O–H groups in total.